The molecule has 1 unspecified atom stereocenters. The van der Waals surface area contributed by atoms with Crippen LogP contribution in [-0.4, -0.2) is 43.2 Å². The number of rotatable bonds is 4. The van der Waals surface area contributed by atoms with E-state index in [-0.39, 0.29) is 35.9 Å². The van der Waals surface area contributed by atoms with Crippen molar-refractivity contribution in [2.75, 3.05) is 19.6 Å². The lowest BCUT2D eigenvalue weighted by Gasteiger charge is -2.34. The van der Waals surface area contributed by atoms with Crippen LogP contribution in [0.25, 0.3) is 0 Å². The summed E-state index contributed by atoms with van der Waals surface area (Å²) in [5, 5.41) is 0. The molecule has 2 fully saturated rings. The van der Waals surface area contributed by atoms with Crippen molar-refractivity contribution in [1.29, 1.82) is 0 Å². The number of hydrogen-bond donors (Lipinski definition) is 0. The van der Waals surface area contributed by atoms with Crippen molar-refractivity contribution >= 4 is 15.9 Å². The zero-order valence-electron chi connectivity index (χ0n) is 18.4. The molecule has 0 aliphatic carbocycles. The largest absolute Gasteiger partial charge is 0.335 e. The molecule has 32 heavy (non-hydrogen) atoms. The normalized spacial score (nSPS) is 20.6. The van der Waals surface area contributed by atoms with E-state index in [2.05, 4.69) is 32.0 Å². The number of sulfonamides is 1. The Morgan fingerprint density at radius 3 is 2.28 bits per heavy atom. The molecule has 172 valence electrons. The topological polar surface area (TPSA) is 57.7 Å². The second-order valence-electron chi connectivity index (χ2n) is 8.79. The van der Waals surface area contributed by atoms with Crippen LogP contribution in [0.4, 0.5) is 8.78 Å². The molecule has 1 amide bonds. The van der Waals surface area contributed by atoms with E-state index < -0.39 is 21.7 Å². The fraction of sp³-hybridized carbons (Fsp3) is 0.458. The number of carbonyl (C=O) groups excluding carboxylic acids is 1. The lowest BCUT2D eigenvalue weighted by atomic mass is 9.94. The standard InChI is InChI=1S/C24H28F2N2O3S/c1-16-5-6-19(14-17(16)2)23-4-3-11-28(23)24(29)18-9-12-27(13-10-18)32(30,31)20-7-8-21(25)22(26)15-20/h5-8,14-15,18,23H,3-4,9-13H2,1-2H3. The first-order valence-electron chi connectivity index (χ1n) is 11.0. The van der Waals surface area contributed by atoms with Crippen LogP contribution in [0.3, 0.4) is 0 Å². The van der Waals surface area contributed by atoms with Crippen LogP contribution in [-0.2, 0) is 14.8 Å². The first-order valence-corrected chi connectivity index (χ1v) is 12.5. The quantitative estimate of drug-likeness (QED) is 0.679. The van der Waals surface area contributed by atoms with E-state index in [1.807, 2.05) is 4.90 Å². The zero-order chi connectivity index (χ0) is 23.0. The lowest BCUT2D eigenvalue weighted by Crippen LogP contribution is -2.44. The Morgan fingerprint density at radius 1 is 0.906 bits per heavy atom. The molecule has 0 aromatic heterocycles. The molecule has 2 saturated heterocycles. The van der Waals surface area contributed by atoms with Crippen LogP contribution in [0.15, 0.2) is 41.3 Å². The average Bonchev–Trinajstić information content (AvgIpc) is 3.27. The highest BCUT2D eigenvalue weighted by atomic mass is 32.2. The van der Waals surface area contributed by atoms with E-state index in [1.165, 1.54) is 15.4 Å². The molecule has 5 nitrogen and oxygen atoms in total. The minimum Gasteiger partial charge on any atom is -0.335 e. The van der Waals surface area contributed by atoms with Gasteiger partial charge in [0.15, 0.2) is 11.6 Å². The van der Waals surface area contributed by atoms with Gasteiger partial charge in [0.1, 0.15) is 0 Å². The Bertz CT molecular complexity index is 1130. The van der Waals surface area contributed by atoms with Gasteiger partial charge < -0.3 is 4.90 Å². The maximum atomic E-state index is 13.5. The second-order valence-corrected chi connectivity index (χ2v) is 10.7. The van der Waals surface area contributed by atoms with Crippen molar-refractivity contribution in [3.63, 3.8) is 0 Å². The monoisotopic (exact) mass is 462 g/mol. The van der Waals surface area contributed by atoms with Crippen molar-refractivity contribution < 1.29 is 22.0 Å². The molecule has 0 radical (unpaired) electrons. The summed E-state index contributed by atoms with van der Waals surface area (Å²) in [5.41, 5.74) is 3.58. The Morgan fingerprint density at radius 2 is 1.62 bits per heavy atom. The van der Waals surface area contributed by atoms with Gasteiger partial charge in [-0.3, -0.25) is 4.79 Å². The highest BCUT2D eigenvalue weighted by Crippen LogP contribution is 2.36. The van der Waals surface area contributed by atoms with Gasteiger partial charge in [-0.15, -0.1) is 0 Å². The minimum atomic E-state index is -3.93. The van der Waals surface area contributed by atoms with Crippen molar-refractivity contribution in [3.05, 3.63) is 64.7 Å². The molecule has 0 saturated carbocycles. The Hall–Kier alpha value is -2.32. The molecule has 2 aromatic rings. The molecule has 2 aromatic carbocycles. The van der Waals surface area contributed by atoms with E-state index >= 15 is 0 Å². The molecule has 2 aliphatic heterocycles. The summed E-state index contributed by atoms with van der Waals surface area (Å²) in [6.45, 7) is 5.21. The molecule has 0 bridgehead atoms. The van der Waals surface area contributed by atoms with E-state index in [0.717, 1.165) is 30.5 Å². The molecular formula is C24H28F2N2O3S. The maximum Gasteiger partial charge on any atom is 0.243 e. The third-order valence-electron chi connectivity index (χ3n) is 6.78. The molecule has 8 heteroatoms. The number of halogens is 2. The van der Waals surface area contributed by atoms with E-state index in [9.17, 15) is 22.0 Å². The highest BCUT2D eigenvalue weighted by molar-refractivity contribution is 7.89. The SMILES string of the molecule is Cc1ccc(C2CCCN2C(=O)C2CCN(S(=O)(=O)c3ccc(F)c(F)c3)CC2)cc1C. The van der Waals surface area contributed by atoms with Gasteiger partial charge in [-0.1, -0.05) is 18.2 Å². The van der Waals surface area contributed by atoms with Gasteiger partial charge in [-0.05, 0) is 74.4 Å². The van der Waals surface area contributed by atoms with Gasteiger partial charge in [0, 0.05) is 25.6 Å². The molecular weight excluding hydrogens is 434 g/mol. The Labute approximate surface area is 188 Å². The minimum absolute atomic E-state index is 0.0609. The number of aryl methyl sites for hydroxylation is 2. The van der Waals surface area contributed by atoms with Crippen molar-refractivity contribution in [3.8, 4) is 0 Å². The van der Waals surface area contributed by atoms with Crippen molar-refractivity contribution in [2.24, 2.45) is 5.92 Å². The van der Waals surface area contributed by atoms with Crippen LogP contribution >= 0.6 is 0 Å². The second kappa shape index (κ2) is 8.90. The third-order valence-corrected chi connectivity index (χ3v) is 8.68. The van der Waals surface area contributed by atoms with Crippen LogP contribution in [0.1, 0.15) is 48.4 Å². The number of benzene rings is 2. The summed E-state index contributed by atoms with van der Waals surface area (Å²) in [7, 11) is -3.93. The summed E-state index contributed by atoms with van der Waals surface area (Å²) >= 11 is 0. The van der Waals surface area contributed by atoms with E-state index in [1.54, 1.807) is 0 Å². The predicted molar refractivity (Wildman–Crippen MR) is 117 cm³/mol. The van der Waals surface area contributed by atoms with Gasteiger partial charge in [0.25, 0.3) is 0 Å². The molecule has 2 heterocycles. The Kier molecular flexibility index (Phi) is 6.36. The van der Waals surface area contributed by atoms with Crippen molar-refractivity contribution in [2.45, 2.75) is 50.5 Å². The summed E-state index contributed by atoms with van der Waals surface area (Å²) in [6.07, 6.45) is 2.71. The van der Waals surface area contributed by atoms with Crippen LogP contribution in [0, 0.1) is 31.4 Å². The molecule has 2 aliphatic rings. The van der Waals surface area contributed by atoms with Gasteiger partial charge in [-0.25, -0.2) is 17.2 Å². The molecule has 0 spiro atoms. The third kappa shape index (κ3) is 4.30. The number of hydrogen-bond acceptors (Lipinski definition) is 3. The lowest BCUT2D eigenvalue weighted by molar-refractivity contribution is -0.137. The van der Waals surface area contributed by atoms with Gasteiger partial charge in [0.05, 0.1) is 10.9 Å². The Balaban J connectivity index is 1.43. The van der Waals surface area contributed by atoms with Crippen molar-refractivity contribution in [1.82, 2.24) is 9.21 Å². The summed E-state index contributed by atoms with van der Waals surface area (Å²) in [5.74, 6) is -2.44. The van der Waals surface area contributed by atoms with Crippen LogP contribution in [0.5, 0.6) is 0 Å². The summed E-state index contributed by atoms with van der Waals surface area (Å²) in [6, 6.07) is 9.00. The predicted octanol–water partition coefficient (Wildman–Crippen LogP) is 4.35. The highest BCUT2D eigenvalue weighted by Gasteiger charge is 2.37. The van der Waals surface area contributed by atoms with Gasteiger partial charge in [0.2, 0.25) is 15.9 Å². The van der Waals surface area contributed by atoms with E-state index in [0.29, 0.717) is 25.5 Å². The number of likely N-dealkylation sites (tertiary alicyclic amines) is 1. The fourth-order valence-electron chi connectivity index (χ4n) is 4.71. The maximum absolute atomic E-state index is 13.5. The molecule has 1 atom stereocenters. The molecule has 4 rings (SSSR count). The number of nitrogens with zero attached hydrogens (tertiary/aromatic N) is 2. The van der Waals surface area contributed by atoms with Crippen LogP contribution in [0.2, 0.25) is 0 Å². The number of amides is 1. The van der Waals surface area contributed by atoms with Gasteiger partial charge in [-0.2, -0.15) is 4.31 Å². The number of carbonyl (C=O) groups is 1. The zero-order valence-corrected chi connectivity index (χ0v) is 19.2. The van der Waals surface area contributed by atoms with Gasteiger partial charge >= 0.3 is 0 Å². The molecule has 0 N–H and O–H groups in total. The first kappa shape index (κ1) is 22.9. The summed E-state index contributed by atoms with van der Waals surface area (Å²) in [4.78, 5) is 15.0. The summed E-state index contributed by atoms with van der Waals surface area (Å²) < 4.78 is 53.6. The fourth-order valence-corrected chi connectivity index (χ4v) is 6.20. The van der Waals surface area contributed by atoms with E-state index in [4.69, 9.17) is 0 Å². The first-order chi connectivity index (χ1) is 15.2. The average molecular weight is 463 g/mol. The van der Waals surface area contributed by atoms with Crippen LogP contribution < -0.4 is 0 Å². The smallest absolute Gasteiger partial charge is 0.243 e. The number of piperidine rings is 1.